The Labute approximate surface area is 156 Å². The molecule has 5 nitrogen and oxygen atoms in total. The molecular formula is C21H22FN3O2. The third-order valence-corrected chi connectivity index (χ3v) is 4.90. The third kappa shape index (κ3) is 3.56. The van der Waals surface area contributed by atoms with E-state index in [1.54, 1.807) is 31.0 Å². The van der Waals surface area contributed by atoms with Gasteiger partial charge in [0.15, 0.2) is 0 Å². The molecule has 0 saturated carbocycles. The van der Waals surface area contributed by atoms with Crippen molar-refractivity contribution in [3.63, 3.8) is 0 Å². The fourth-order valence-corrected chi connectivity index (χ4v) is 3.26. The van der Waals surface area contributed by atoms with Gasteiger partial charge >= 0.3 is 6.03 Å². The Hall–Kier alpha value is -3.15. The molecule has 140 valence electrons. The lowest BCUT2D eigenvalue weighted by molar-refractivity contribution is 0.208. The van der Waals surface area contributed by atoms with Crippen LogP contribution in [0, 0.1) is 19.7 Å². The smallest absolute Gasteiger partial charge is 0.322 e. The van der Waals surface area contributed by atoms with E-state index < -0.39 is 0 Å². The summed E-state index contributed by atoms with van der Waals surface area (Å²) in [4.78, 5) is 29.3. The van der Waals surface area contributed by atoms with Crippen molar-refractivity contribution in [1.29, 1.82) is 0 Å². The van der Waals surface area contributed by atoms with Gasteiger partial charge in [-0.3, -0.25) is 4.79 Å². The monoisotopic (exact) mass is 367 g/mol. The van der Waals surface area contributed by atoms with E-state index in [-0.39, 0.29) is 23.4 Å². The Morgan fingerprint density at radius 1 is 1.15 bits per heavy atom. The van der Waals surface area contributed by atoms with Gasteiger partial charge in [0.1, 0.15) is 5.82 Å². The molecule has 2 N–H and O–H groups in total. The minimum atomic E-state index is -0.316. The SMILES string of the molecule is Cc1cc(NC(=O)N(C)[C@H](C)c2c(C)[nH]c(=O)c3ccccc23)ccc1F. The molecule has 0 radical (unpaired) electrons. The van der Waals surface area contributed by atoms with Crippen LogP contribution in [0.4, 0.5) is 14.9 Å². The van der Waals surface area contributed by atoms with Gasteiger partial charge in [0, 0.05) is 29.4 Å². The van der Waals surface area contributed by atoms with Crippen LogP contribution >= 0.6 is 0 Å². The van der Waals surface area contributed by atoms with E-state index in [4.69, 9.17) is 0 Å². The minimum Gasteiger partial charge on any atom is -0.326 e. The summed E-state index contributed by atoms with van der Waals surface area (Å²) >= 11 is 0. The van der Waals surface area contributed by atoms with Gasteiger partial charge in [0.05, 0.1) is 6.04 Å². The first-order chi connectivity index (χ1) is 12.8. The topological polar surface area (TPSA) is 65.2 Å². The summed E-state index contributed by atoms with van der Waals surface area (Å²) in [7, 11) is 1.69. The van der Waals surface area contributed by atoms with Crippen LogP contribution in [-0.4, -0.2) is 23.0 Å². The number of hydrogen-bond acceptors (Lipinski definition) is 2. The lowest BCUT2D eigenvalue weighted by Gasteiger charge is -2.27. The van der Waals surface area contributed by atoms with Gasteiger partial charge in [0.25, 0.3) is 5.56 Å². The molecule has 1 heterocycles. The van der Waals surface area contributed by atoms with Crippen LogP contribution in [0.2, 0.25) is 0 Å². The summed E-state index contributed by atoms with van der Waals surface area (Å²) in [6, 6.07) is 11.2. The maximum Gasteiger partial charge on any atom is 0.322 e. The largest absolute Gasteiger partial charge is 0.326 e. The van der Waals surface area contributed by atoms with Crippen LogP contribution in [0.5, 0.6) is 0 Å². The number of carbonyl (C=O) groups is 1. The minimum absolute atomic E-state index is 0.145. The molecule has 27 heavy (non-hydrogen) atoms. The average Bonchev–Trinajstić information content (AvgIpc) is 2.64. The van der Waals surface area contributed by atoms with Gasteiger partial charge in [-0.05, 0) is 56.0 Å². The van der Waals surface area contributed by atoms with E-state index >= 15 is 0 Å². The quantitative estimate of drug-likeness (QED) is 0.715. The summed E-state index contributed by atoms with van der Waals surface area (Å²) in [6.07, 6.45) is 0. The summed E-state index contributed by atoms with van der Waals surface area (Å²) < 4.78 is 13.4. The Morgan fingerprint density at radius 2 is 1.81 bits per heavy atom. The fourth-order valence-electron chi connectivity index (χ4n) is 3.26. The molecule has 0 fully saturated rings. The number of aromatic amines is 1. The highest BCUT2D eigenvalue weighted by molar-refractivity contribution is 5.91. The number of carbonyl (C=O) groups excluding carboxylic acids is 1. The van der Waals surface area contributed by atoms with Crippen molar-refractivity contribution < 1.29 is 9.18 Å². The van der Waals surface area contributed by atoms with Crippen LogP contribution < -0.4 is 10.9 Å². The molecule has 0 aliphatic heterocycles. The Kier molecular flexibility index (Phi) is 4.99. The zero-order chi connectivity index (χ0) is 19.7. The van der Waals surface area contributed by atoms with E-state index in [2.05, 4.69) is 10.3 Å². The highest BCUT2D eigenvalue weighted by Crippen LogP contribution is 2.28. The fraction of sp³-hybridized carbons (Fsp3) is 0.238. The third-order valence-electron chi connectivity index (χ3n) is 4.90. The van der Waals surface area contributed by atoms with Crippen molar-refractivity contribution in [3.05, 3.63) is 75.5 Å². The van der Waals surface area contributed by atoms with Crippen LogP contribution in [-0.2, 0) is 0 Å². The number of nitrogens with one attached hydrogen (secondary N) is 2. The van der Waals surface area contributed by atoms with E-state index in [0.717, 1.165) is 16.6 Å². The van der Waals surface area contributed by atoms with Crippen molar-refractivity contribution in [3.8, 4) is 0 Å². The molecule has 3 aromatic rings. The van der Waals surface area contributed by atoms with E-state index in [9.17, 15) is 14.0 Å². The summed E-state index contributed by atoms with van der Waals surface area (Å²) in [5.74, 6) is -0.315. The summed E-state index contributed by atoms with van der Waals surface area (Å²) in [5, 5.41) is 4.20. The molecule has 2 aromatic carbocycles. The first-order valence-corrected chi connectivity index (χ1v) is 8.71. The average molecular weight is 367 g/mol. The van der Waals surface area contributed by atoms with E-state index in [1.807, 2.05) is 32.0 Å². The molecule has 6 heteroatoms. The van der Waals surface area contributed by atoms with Crippen LogP contribution in [0.3, 0.4) is 0 Å². The lowest BCUT2D eigenvalue weighted by atomic mass is 9.98. The number of amides is 2. The van der Waals surface area contributed by atoms with Crippen molar-refractivity contribution in [2.45, 2.75) is 26.8 Å². The number of halogens is 1. The highest BCUT2D eigenvalue weighted by Gasteiger charge is 2.22. The molecule has 0 spiro atoms. The van der Waals surface area contributed by atoms with Crippen molar-refractivity contribution in [2.24, 2.45) is 0 Å². The van der Waals surface area contributed by atoms with Crippen LogP contribution in [0.1, 0.15) is 29.8 Å². The maximum absolute atomic E-state index is 13.4. The van der Waals surface area contributed by atoms with Gasteiger partial charge in [-0.1, -0.05) is 18.2 Å². The Morgan fingerprint density at radius 3 is 2.48 bits per heavy atom. The van der Waals surface area contributed by atoms with Crippen LogP contribution in [0.15, 0.2) is 47.3 Å². The second-order valence-electron chi connectivity index (χ2n) is 6.72. The number of aryl methyl sites for hydroxylation is 2. The zero-order valence-corrected chi connectivity index (χ0v) is 15.8. The number of aromatic nitrogens is 1. The molecule has 0 bridgehead atoms. The van der Waals surface area contributed by atoms with Gasteiger partial charge in [-0.15, -0.1) is 0 Å². The number of anilines is 1. The number of rotatable bonds is 3. The molecule has 0 aliphatic rings. The van der Waals surface area contributed by atoms with Gasteiger partial charge in [0.2, 0.25) is 0 Å². The van der Waals surface area contributed by atoms with Gasteiger partial charge in [-0.25, -0.2) is 9.18 Å². The molecular weight excluding hydrogens is 345 g/mol. The molecule has 3 rings (SSSR count). The van der Waals surface area contributed by atoms with Crippen molar-refractivity contribution in [1.82, 2.24) is 9.88 Å². The first-order valence-electron chi connectivity index (χ1n) is 8.71. The maximum atomic E-state index is 13.4. The van der Waals surface area contributed by atoms with E-state index in [1.165, 1.54) is 12.1 Å². The van der Waals surface area contributed by atoms with Crippen molar-refractivity contribution >= 4 is 22.5 Å². The predicted octanol–water partition coefficient (Wildman–Crippen LogP) is 4.51. The first kappa shape index (κ1) is 18.6. The number of benzene rings is 2. The Bertz CT molecular complexity index is 1070. The second-order valence-corrected chi connectivity index (χ2v) is 6.72. The number of urea groups is 1. The molecule has 1 aromatic heterocycles. The van der Waals surface area contributed by atoms with Crippen LogP contribution in [0.25, 0.3) is 10.8 Å². The summed E-state index contributed by atoms with van der Waals surface area (Å²) in [6.45, 7) is 5.38. The molecule has 1 atom stereocenters. The van der Waals surface area contributed by atoms with Crippen molar-refractivity contribution in [2.75, 3.05) is 12.4 Å². The zero-order valence-electron chi connectivity index (χ0n) is 15.8. The molecule has 0 saturated heterocycles. The molecule has 0 aliphatic carbocycles. The normalized spacial score (nSPS) is 12.0. The van der Waals surface area contributed by atoms with Gasteiger partial charge in [-0.2, -0.15) is 0 Å². The number of hydrogen-bond donors (Lipinski definition) is 2. The number of fused-ring (bicyclic) bond motifs is 1. The Balaban J connectivity index is 1.92. The lowest BCUT2D eigenvalue weighted by Crippen LogP contribution is -2.34. The summed E-state index contributed by atoms with van der Waals surface area (Å²) in [5.41, 5.74) is 2.46. The molecule has 2 amide bonds. The predicted molar refractivity (Wildman–Crippen MR) is 106 cm³/mol. The number of nitrogens with zero attached hydrogens (tertiary/aromatic N) is 1. The number of H-pyrrole nitrogens is 1. The highest BCUT2D eigenvalue weighted by atomic mass is 19.1. The van der Waals surface area contributed by atoms with E-state index in [0.29, 0.717) is 16.6 Å². The van der Waals surface area contributed by atoms with Gasteiger partial charge < -0.3 is 15.2 Å². The number of pyridine rings is 1. The second kappa shape index (κ2) is 7.23. The molecule has 0 unspecified atom stereocenters. The standard InChI is InChI=1S/C21H22FN3O2/c1-12-11-15(9-10-18(12)22)24-21(27)25(4)14(3)19-13(2)23-20(26)17-8-6-5-7-16(17)19/h5-11,14H,1-4H3,(H,23,26)(H,24,27)/t14-/m1/s1.